The number of rotatable bonds is 9. The number of aromatic carboxylic acids is 1. The molecule has 16 heteroatoms. The lowest BCUT2D eigenvalue weighted by molar-refractivity contribution is -0.247. The highest BCUT2D eigenvalue weighted by Crippen LogP contribution is 2.59. The van der Waals surface area contributed by atoms with Gasteiger partial charge in [-0.1, -0.05) is 36.4 Å². The highest BCUT2D eigenvalue weighted by molar-refractivity contribution is 6.30. The highest BCUT2D eigenvalue weighted by Gasteiger charge is 2.75. The van der Waals surface area contributed by atoms with Gasteiger partial charge in [0.1, 0.15) is 54.3 Å². The van der Waals surface area contributed by atoms with E-state index in [1.54, 1.807) is 37.3 Å². The number of aryl methyl sites for hydroxylation is 1. The smallest absolute Gasteiger partial charge is 0.339 e. The molecule has 3 aromatic carbocycles. The molecule has 0 spiro atoms. The number of nitrogens with one attached hydrogen (secondary N) is 1. The van der Waals surface area contributed by atoms with Crippen molar-refractivity contribution in [2.24, 2.45) is 0 Å². The van der Waals surface area contributed by atoms with E-state index in [9.17, 15) is 39.9 Å². The largest absolute Gasteiger partial charge is 0.506 e. The number of carboxylic acid groups (broad SMARTS) is 1. The Labute approximate surface area is 319 Å². The van der Waals surface area contributed by atoms with Crippen molar-refractivity contribution in [1.82, 2.24) is 5.32 Å². The number of benzene rings is 3. The van der Waals surface area contributed by atoms with Crippen LogP contribution in [0.4, 0.5) is 0 Å². The second kappa shape index (κ2) is 14.1. The van der Waals surface area contributed by atoms with Crippen LogP contribution in [0.25, 0.3) is 0 Å². The number of methoxy groups -OCH3 is 3. The maximum Gasteiger partial charge on any atom is 0.339 e. The summed E-state index contributed by atoms with van der Waals surface area (Å²) in [5, 5.41) is 62.2. The zero-order valence-corrected chi connectivity index (χ0v) is 30.8. The summed E-state index contributed by atoms with van der Waals surface area (Å²) >= 11 is 0. The molecule has 0 saturated carbocycles. The second-order valence-corrected chi connectivity index (χ2v) is 14.1. The number of carbonyl (C=O) groups excluding carboxylic acids is 4. The van der Waals surface area contributed by atoms with Crippen LogP contribution in [-0.4, -0.2) is 118 Å². The van der Waals surface area contributed by atoms with Crippen molar-refractivity contribution < 1.29 is 73.2 Å². The van der Waals surface area contributed by atoms with Gasteiger partial charge in [-0.3, -0.25) is 24.5 Å². The summed E-state index contributed by atoms with van der Waals surface area (Å²) in [5.41, 5.74) is -9.60. The zero-order valence-electron chi connectivity index (χ0n) is 30.8. The van der Waals surface area contributed by atoms with Gasteiger partial charge in [0.05, 0.1) is 23.3 Å². The minimum Gasteiger partial charge on any atom is -0.506 e. The van der Waals surface area contributed by atoms with Gasteiger partial charge in [0.15, 0.2) is 22.8 Å². The molecule has 1 fully saturated rings. The molecule has 6 unspecified atom stereocenters. The summed E-state index contributed by atoms with van der Waals surface area (Å²) < 4.78 is 29.2. The Kier molecular flexibility index (Phi) is 9.83. The first-order chi connectivity index (χ1) is 26.6. The Balaban J connectivity index is 1.54. The number of fused-ring (bicyclic) bond motifs is 5. The molecule has 16 nitrogen and oxygen atoms in total. The predicted molar refractivity (Wildman–Crippen MR) is 191 cm³/mol. The van der Waals surface area contributed by atoms with Crippen LogP contribution < -0.4 is 10.1 Å². The number of aliphatic hydroxyl groups excluding tert-OH is 2. The van der Waals surface area contributed by atoms with E-state index in [-0.39, 0.29) is 17.7 Å². The Bertz CT molecular complexity index is 2220. The number of carbonyl (C=O) groups is 5. The SMILES string of the molecule is COC1C(NC2c3cc(C)c(C(=O)O)c(OCc4ccccc4)c3C3(O)C(=O)c4cc5c(c(O)c4C(=O)C3(OC)C2O)C(=O)C=CC5=O)O[C@@H](C)[C@H](OC)[C@H]1O. The number of allylic oxidation sites excluding steroid dienone is 2. The summed E-state index contributed by atoms with van der Waals surface area (Å²) in [6.07, 6.45) is -5.91. The van der Waals surface area contributed by atoms with E-state index < -0.39 is 128 Å². The number of aromatic hydroxyl groups is 1. The molecule has 7 rings (SSSR count). The van der Waals surface area contributed by atoms with E-state index >= 15 is 9.59 Å². The Morgan fingerprint density at radius 3 is 2.20 bits per heavy atom. The van der Waals surface area contributed by atoms with Crippen molar-refractivity contribution in [1.29, 1.82) is 0 Å². The van der Waals surface area contributed by atoms with Crippen molar-refractivity contribution in [3.05, 3.63) is 105 Å². The van der Waals surface area contributed by atoms with Gasteiger partial charge >= 0.3 is 5.97 Å². The maximum absolute atomic E-state index is 15.1. The molecular formula is C40H39NO15. The van der Waals surface area contributed by atoms with E-state index in [1.807, 2.05) is 0 Å². The van der Waals surface area contributed by atoms with Crippen LogP contribution in [0.15, 0.2) is 54.6 Å². The van der Waals surface area contributed by atoms with Gasteiger partial charge in [-0.2, -0.15) is 0 Å². The number of phenols is 1. The van der Waals surface area contributed by atoms with Gasteiger partial charge in [-0.15, -0.1) is 0 Å². The Morgan fingerprint density at radius 2 is 1.57 bits per heavy atom. The van der Waals surface area contributed by atoms with Crippen LogP contribution in [0, 0.1) is 6.92 Å². The fourth-order valence-corrected chi connectivity index (χ4v) is 8.66. The summed E-state index contributed by atoms with van der Waals surface area (Å²) in [5.74, 6) is -7.57. The minimum absolute atomic E-state index is 0.0603. The van der Waals surface area contributed by atoms with E-state index in [4.69, 9.17) is 23.7 Å². The Morgan fingerprint density at radius 1 is 0.911 bits per heavy atom. The lowest BCUT2D eigenvalue weighted by Gasteiger charge is -2.56. The summed E-state index contributed by atoms with van der Waals surface area (Å²) in [6.45, 7) is 2.74. The third-order valence-electron chi connectivity index (χ3n) is 11.3. The van der Waals surface area contributed by atoms with Gasteiger partial charge < -0.3 is 49.2 Å². The average Bonchev–Trinajstić information content (AvgIpc) is 3.16. The molecule has 9 atom stereocenters. The molecule has 0 radical (unpaired) electrons. The first-order valence-corrected chi connectivity index (χ1v) is 17.6. The number of ether oxygens (including phenoxy) is 5. The standard InChI is InChI=1S/C40H39NO15/c1-16-13-21-27(32(24(16)38(49)50)55-15-18-9-7-6-8-10-18)39(51)34(46)20-14-19-22(42)11-12-23(43)25(19)29(44)26(20)35(47)40(39,54-5)36(48)28(21)41-37-33(53-4)30(45)31(52-3)17(2)56-37/h6-14,17,28,30-31,33,36-37,41,44-45,48,51H,15H2,1-5H3,(H,49,50)/t17-,28?,30+,31-,33?,36?,37?,39?,40?/m0/s1. The van der Waals surface area contributed by atoms with E-state index in [0.717, 1.165) is 25.3 Å². The molecule has 1 aliphatic heterocycles. The normalized spacial score (nSPS) is 30.7. The number of hydrogen-bond acceptors (Lipinski definition) is 15. The molecule has 3 aliphatic carbocycles. The van der Waals surface area contributed by atoms with Crippen LogP contribution in [-0.2, 0) is 31.2 Å². The van der Waals surface area contributed by atoms with Crippen molar-refractivity contribution >= 4 is 29.1 Å². The summed E-state index contributed by atoms with van der Waals surface area (Å²) in [6, 6.07) is 9.09. The van der Waals surface area contributed by atoms with Crippen LogP contribution >= 0.6 is 0 Å². The average molecular weight is 774 g/mol. The maximum atomic E-state index is 15.1. The van der Waals surface area contributed by atoms with Crippen molar-refractivity contribution in [3.8, 4) is 11.5 Å². The third kappa shape index (κ3) is 5.33. The summed E-state index contributed by atoms with van der Waals surface area (Å²) in [4.78, 5) is 69.3. The first kappa shape index (κ1) is 39.1. The molecule has 0 aromatic heterocycles. The lowest BCUT2D eigenvalue weighted by atomic mass is 9.55. The number of phenolic OH excluding ortho intramolecular Hbond substituents is 1. The van der Waals surface area contributed by atoms with Gasteiger partial charge in [-0.05, 0) is 48.8 Å². The molecule has 1 heterocycles. The van der Waals surface area contributed by atoms with Crippen LogP contribution in [0.2, 0.25) is 0 Å². The molecular weight excluding hydrogens is 734 g/mol. The van der Waals surface area contributed by atoms with Crippen molar-refractivity contribution in [2.75, 3.05) is 21.3 Å². The topological polar surface area (TPSA) is 245 Å². The highest BCUT2D eigenvalue weighted by atomic mass is 16.6. The summed E-state index contributed by atoms with van der Waals surface area (Å²) in [7, 11) is 3.58. The van der Waals surface area contributed by atoms with Crippen molar-refractivity contribution in [3.63, 3.8) is 0 Å². The van der Waals surface area contributed by atoms with Gasteiger partial charge in [0, 0.05) is 38.0 Å². The number of hydrogen-bond donors (Lipinski definition) is 6. The third-order valence-corrected chi connectivity index (χ3v) is 11.3. The minimum atomic E-state index is -3.33. The van der Waals surface area contributed by atoms with Crippen LogP contribution in [0.3, 0.4) is 0 Å². The second-order valence-electron chi connectivity index (χ2n) is 14.1. The number of carboxylic acids is 1. The quantitative estimate of drug-likeness (QED) is 0.181. The molecule has 1 saturated heterocycles. The molecule has 294 valence electrons. The molecule has 4 aliphatic rings. The first-order valence-electron chi connectivity index (χ1n) is 17.6. The number of aliphatic hydroxyl groups is 3. The zero-order chi connectivity index (χ0) is 40.6. The molecule has 56 heavy (non-hydrogen) atoms. The number of ketones is 4. The van der Waals surface area contributed by atoms with Crippen LogP contribution in [0.5, 0.6) is 11.5 Å². The fourth-order valence-electron chi connectivity index (χ4n) is 8.66. The van der Waals surface area contributed by atoms with Gasteiger partial charge in [-0.25, -0.2) is 4.79 Å². The van der Waals surface area contributed by atoms with Crippen molar-refractivity contribution in [2.45, 2.75) is 74.4 Å². The lowest BCUT2D eigenvalue weighted by Crippen LogP contribution is -2.75. The Hall–Kier alpha value is -5.17. The van der Waals surface area contributed by atoms with Gasteiger partial charge in [0.25, 0.3) is 0 Å². The molecule has 3 aromatic rings. The molecule has 0 amide bonds. The van der Waals surface area contributed by atoms with E-state index in [2.05, 4.69) is 5.32 Å². The van der Waals surface area contributed by atoms with E-state index in [0.29, 0.717) is 5.56 Å². The molecule has 6 N–H and O–H groups in total. The van der Waals surface area contributed by atoms with Crippen LogP contribution in [0.1, 0.15) is 87.0 Å². The van der Waals surface area contributed by atoms with Gasteiger partial charge in [0.2, 0.25) is 11.6 Å². The number of Topliss-reactive ketones (excluding diaryl/α,β-unsaturated/α-hetero) is 2. The van der Waals surface area contributed by atoms with E-state index in [1.165, 1.54) is 27.2 Å². The fraction of sp³-hybridized carbons (Fsp3) is 0.375. The molecule has 0 bridgehead atoms. The predicted octanol–water partition coefficient (Wildman–Crippen LogP) is 1.71. The monoisotopic (exact) mass is 773 g/mol.